The average Bonchev–Trinajstić information content (AvgIpc) is 3.60. The van der Waals surface area contributed by atoms with Gasteiger partial charge in [-0.05, 0) is 56.7 Å². The van der Waals surface area contributed by atoms with E-state index in [0.717, 1.165) is 6.07 Å². The van der Waals surface area contributed by atoms with Gasteiger partial charge in [0.15, 0.2) is 17.2 Å². The van der Waals surface area contributed by atoms with Gasteiger partial charge in [0.05, 0.1) is 11.8 Å². The fourth-order valence-corrected chi connectivity index (χ4v) is 5.98. The molecule has 1 saturated carbocycles. The van der Waals surface area contributed by atoms with Crippen molar-refractivity contribution in [1.29, 1.82) is 0 Å². The van der Waals surface area contributed by atoms with Gasteiger partial charge in [0.1, 0.15) is 56.1 Å². The highest BCUT2D eigenvalue weighted by molar-refractivity contribution is 6.35. The summed E-state index contributed by atoms with van der Waals surface area (Å²) in [5.41, 5.74) is -0.820. The molecule has 2 saturated heterocycles. The quantitative estimate of drug-likeness (QED) is 0.127. The Bertz CT molecular complexity index is 1540. The van der Waals surface area contributed by atoms with E-state index in [1.165, 1.54) is 39.0 Å². The van der Waals surface area contributed by atoms with Crippen molar-refractivity contribution in [3.05, 3.63) is 69.0 Å². The SMILES string of the molecule is CC(=Cc1ccc(O[C@@H]2O[C@H](C(C)=NOCc3ccc(Cl)cc3Cl)[C@@H](O)[C@]2(C)O)c(F)c1)C(=O)N[C@@H]1[C@H](O)[C@@H](O)[C@H]2OCO[C@H]2[C@@H]1O. The molecule has 2 aromatic rings. The summed E-state index contributed by atoms with van der Waals surface area (Å²) in [5.74, 6) is -1.85. The minimum Gasteiger partial charge on any atom is -0.459 e. The molecule has 13 nitrogen and oxygen atoms in total. The van der Waals surface area contributed by atoms with Gasteiger partial charge >= 0.3 is 0 Å². The first-order valence-corrected chi connectivity index (χ1v) is 15.3. The van der Waals surface area contributed by atoms with Gasteiger partial charge in [-0.15, -0.1) is 0 Å². The third kappa shape index (κ3) is 7.42. The normalized spacial score (nSPS) is 34.2. The zero-order valence-corrected chi connectivity index (χ0v) is 26.9. The summed E-state index contributed by atoms with van der Waals surface area (Å²) < 4.78 is 37.0. The predicted molar refractivity (Wildman–Crippen MR) is 165 cm³/mol. The number of benzene rings is 2. The molecule has 2 aromatic carbocycles. The first-order chi connectivity index (χ1) is 22.2. The number of oxime groups is 1. The summed E-state index contributed by atoms with van der Waals surface area (Å²) in [6.07, 6.45) is -8.94. The van der Waals surface area contributed by atoms with E-state index in [4.69, 9.17) is 47.0 Å². The number of aliphatic hydroxyl groups excluding tert-OH is 4. The Morgan fingerprint density at radius 2 is 1.79 bits per heavy atom. The molecule has 256 valence electrons. The Labute approximate surface area is 279 Å². The predicted octanol–water partition coefficient (Wildman–Crippen LogP) is 1.67. The first-order valence-electron chi connectivity index (χ1n) is 14.6. The maximum Gasteiger partial charge on any atom is 0.247 e. The van der Waals surface area contributed by atoms with Crippen LogP contribution in [0.15, 0.2) is 47.1 Å². The molecule has 5 rings (SSSR count). The summed E-state index contributed by atoms with van der Waals surface area (Å²) in [6, 6.07) is 7.40. The molecule has 0 bridgehead atoms. The smallest absolute Gasteiger partial charge is 0.247 e. The van der Waals surface area contributed by atoms with Gasteiger partial charge in [0, 0.05) is 21.2 Å². The lowest BCUT2D eigenvalue weighted by Gasteiger charge is -2.41. The van der Waals surface area contributed by atoms with Gasteiger partial charge in [-0.1, -0.05) is 40.5 Å². The van der Waals surface area contributed by atoms with E-state index in [9.17, 15) is 30.3 Å². The largest absolute Gasteiger partial charge is 0.459 e. The molecule has 0 spiro atoms. The molecule has 3 aliphatic rings. The monoisotopic (exact) mass is 700 g/mol. The summed E-state index contributed by atoms with van der Waals surface area (Å²) >= 11 is 12.0. The van der Waals surface area contributed by atoms with Gasteiger partial charge in [-0.3, -0.25) is 4.79 Å². The molecule has 0 unspecified atom stereocenters. The van der Waals surface area contributed by atoms with Crippen LogP contribution in [0.4, 0.5) is 4.39 Å². The molecule has 1 amide bonds. The number of halogens is 3. The van der Waals surface area contributed by atoms with Crippen LogP contribution in [0.5, 0.6) is 5.75 Å². The van der Waals surface area contributed by atoms with Crippen LogP contribution < -0.4 is 10.1 Å². The maximum absolute atomic E-state index is 15.2. The van der Waals surface area contributed by atoms with E-state index >= 15 is 4.39 Å². The minimum absolute atomic E-state index is 0.00148. The minimum atomic E-state index is -1.97. The van der Waals surface area contributed by atoms with Gasteiger partial charge in [-0.2, -0.15) is 0 Å². The van der Waals surface area contributed by atoms with Gasteiger partial charge < -0.3 is 54.6 Å². The van der Waals surface area contributed by atoms with Gasteiger partial charge in [0.25, 0.3) is 0 Å². The van der Waals surface area contributed by atoms with Crippen molar-refractivity contribution in [3.8, 4) is 5.75 Å². The fourth-order valence-electron chi connectivity index (χ4n) is 5.51. The topological polar surface area (TPSA) is 189 Å². The lowest BCUT2D eigenvalue weighted by atomic mass is 9.83. The van der Waals surface area contributed by atoms with Crippen LogP contribution in [0.25, 0.3) is 6.08 Å². The first kappa shape index (κ1) is 35.4. The van der Waals surface area contributed by atoms with Crippen molar-refractivity contribution in [2.75, 3.05) is 6.79 Å². The van der Waals surface area contributed by atoms with Crippen molar-refractivity contribution in [1.82, 2.24) is 5.32 Å². The molecule has 47 heavy (non-hydrogen) atoms. The number of rotatable bonds is 9. The number of carbonyl (C=O) groups is 1. The van der Waals surface area contributed by atoms with Crippen molar-refractivity contribution in [2.45, 2.75) is 88.0 Å². The van der Waals surface area contributed by atoms with Crippen LogP contribution >= 0.6 is 23.2 Å². The Hall–Kier alpha value is -2.89. The second-order valence-electron chi connectivity index (χ2n) is 11.8. The molecule has 0 aromatic heterocycles. The van der Waals surface area contributed by atoms with Crippen molar-refractivity contribution in [2.24, 2.45) is 5.16 Å². The van der Waals surface area contributed by atoms with Crippen molar-refractivity contribution < 1.29 is 58.5 Å². The standard InChI is InChI=1S/C31H35Cl2FN2O11/c1-13(29(41)35-21-22(37)24(39)27-26(23(21)38)43-12-44-27)8-15-4-7-20(19(34)9-15)46-30-31(3,42)28(40)25(47-30)14(2)36-45-11-16-5-6-17(32)10-18(16)33/h4-10,21-28,30,37-40,42H,11-12H2,1-3H3,(H,35,41)/t21-,22+,23-,24-,25-,26+,27-,28-,30-,31+/m1/s1. The molecule has 16 heteroatoms. The summed E-state index contributed by atoms with van der Waals surface area (Å²) in [6.45, 7) is 4.06. The third-order valence-corrected chi connectivity index (χ3v) is 8.91. The number of hydrogen-bond donors (Lipinski definition) is 6. The van der Waals surface area contributed by atoms with E-state index in [0.29, 0.717) is 15.6 Å². The van der Waals surface area contributed by atoms with Crippen LogP contribution in [-0.2, 0) is 30.4 Å². The molecule has 6 N–H and O–H groups in total. The Morgan fingerprint density at radius 1 is 1.09 bits per heavy atom. The highest BCUT2D eigenvalue weighted by atomic mass is 35.5. The molecule has 10 atom stereocenters. The number of ether oxygens (including phenoxy) is 4. The van der Waals surface area contributed by atoms with Gasteiger partial charge in [0.2, 0.25) is 12.2 Å². The summed E-state index contributed by atoms with van der Waals surface area (Å²) in [4.78, 5) is 18.2. The zero-order chi connectivity index (χ0) is 34.2. The number of nitrogens with zero attached hydrogens (tertiary/aromatic N) is 1. The Morgan fingerprint density at radius 3 is 2.47 bits per heavy atom. The third-order valence-electron chi connectivity index (χ3n) is 8.32. The summed E-state index contributed by atoms with van der Waals surface area (Å²) in [7, 11) is 0. The number of nitrogens with one attached hydrogen (secondary N) is 1. The molecule has 2 aliphatic heterocycles. The van der Waals surface area contributed by atoms with E-state index in [2.05, 4.69) is 10.5 Å². The van der Waals surface area contributed by atoms with E-state index in [-0.39, 0.29) is 36.0 Å². The second-order valence-corrected chi connectivity index (χ2v) is 12.6. The Balaban J connectivity index is 1.21. The number of carbonyl (C=O) groups excluding carboxylic acids is 1. The highest BCUT2D eigenvalue weighted by Crippen LogP contribution is 2.35. The molecule has 1 aliphatic carbocycles. The molecule has 2 heterocycles. The lowest BCUT2D eigenvalue weighted by Crippen LogP contribution is -2.67. The average molecular weight is 702 g/mol. The van der Waals surface area contributed by atoms with Crippen LogP contribution in [0.1, 0.15) is 31.9 Å². The van der Waals surface area contributed by atoms with E-state index < -0.39 is 72.4 Å². The molecule has 3 fully saturated rings. The van der Waals surface area contributed by atoms with Crippen LogP contribution in [0.2, 0.25) is 10.0 Å². The fraction of sp³-hybridized carbons (Fsp3) is 0.484. The van der Waals surface area contributed by atoms with Gasteiger partial charge in [-0.25, -0.2) is 4.39 Å². The van der Waals surface area contributed by atoms with Crippen LogP contribution in [0, 0.1) is 5.82 Å². The summed E-state index contributed by atoms with van der Waals surface area (Å²) in [5, 5.41) is 60.4. The molecular formula is C31H35Cl2FN2O11. The lowest BCUT2D eigenvalue weighted by molar-refractivity contribution is -0.155. The number of hydrogen-bond acceptors (Lipinski definition) is 12. The Kier molecular flexibility index (Phi) is 10.8. The number of aliphatic hydroxyl groups is 5. The highest BCUT2D eigenvalue weighted by Gasteiger charge is 2.55. The van der Waals surface area contributed by atoms with E-state index in [1.54, 1.807) is 18.2 Å². The number of amides is 1. The molecular weight excluding hydrogens is 666 g/mol. The number of fused-ring (bicyclic) bond motifs is 1. The van der Waals surface area contributed by atoms with Crippen molar-refractivity contribution >= 4 is 40.9 Å². The molecule has 0 radical (unpaired) electrons. The van der Waals surface area contributed by atoms with Crippen LogP contribution in [-0.4, -0.2) is 105 Å². The maximum atomic E-state index is 15.2. The van der Waals surface area contributed by atoms with Crippen LogP contribution in [0.3, 0.4) is 0 Å². The zero-order valence-electron chi connectivity index (χ0n) is 25.4. The van der Waals surface area contributed by atoms with E-state index in [1.807, 2.05) is 0 Å². The van der Waals surface area contributed by atoms with Crippen molar-refractivity contribution in [3.63, 3.8) is 0 Å². The second kappa shape index (κ2) is 14.3.